The zero-order valence-corrected chi connectivity index (χ0v) is 19.9. The standard InChI is InChI=1S/C27H32N6O2/c28-20-29-27(31-25(21-11-3-1-4-12-21)22-13-5-2-6-14-22)30-23-15-7-8-18-33(26(23)35)19-24(34)32-16-9-10-17-32/h1-6,11-14,23,25H,7-10,15-19H2,(H2,29,30,31). The second-order valence-corrected chi connectivity index (χ2v) is 8.97. The van der Waals surface area contributed by atoms with E-state index in [2.05, 4.69) is 15.6 Å². The summed E-state index contributed by atoms with van der Waals surface area (Å²) >= 11 is 0. The number of carbonyl (C=O) groups excluding carboxylic acids is 2. The van der Waals surface area contributed by atoms with Gasteiger partial charge < -0.3 is 15.1 Å². The van der Waals surface area contributed by atoms with Gasteiger partial charge in [0.1, 0.15) is 6.04 Å². The highest BCUT2D eigenvalue weighted by molar-refractivity contribution is 5.91. The SMILES string of the molecule is N#CNC(=NC1CCCCN(CC(=O)N2CCCC2)C1=O)NC(c1ccccc1)c1ccccc1. The second-order valence-electron chi connectivity index (χ2n) is 8.97. The smallest absolute Gasteiger partial charge is 0.247 e. The Morgan fingerprint density at radius 3 is 2.17 bits per heavy atom. The first-order chi connectivity index (χ1) is 17.2. The number of carbonyl (C=O) groups is 2. The Bertz CT molecular complexity index is 1020. The third-order valence-corrected chi connectivity index (χ3v) is 6.54. The van der Waals surface area contributed by atoms with Crippen LogP contribution >= 0.6 is 0 Å². The van der Waals surface area contributed by atoms with Gasteiger partial charge in [0, 0.05) is 19.6 Å². The average molecular weight is 473 g/mol. The van der Waals surface area contributed by atoms with E-state index >= 15 is 0 Å². The third-order valence-electron chi connectivity index (χ3n) is 6.54. The first-order valence-electron chi connectivity index (χ1n) is 12.3. The van der Waals surface area contributed by atoms with Gasteiger partial charge in [0.15, 0.2) is 6.19 Å². The highest BCUT2D eigenvalue weighted by Gasteiger charge is 2.30. The van der Waals surface area contributed by atoms with Crippen LogP contribution in [-0.2, 0) is 9.59 Å². The van der Waals surface area contributed by atoms with Crippen molar-refractivity contribution in [2.24, 2.45) is 4.99 Å². The molecule has 2 aliphatic heterocycles. The van der Waals surface area contributed by atoms with E-state index in [1.807, 2.05) is 71.8 Å². The third kappa shape index (κ3) is 6.38. The number of nitrogens with one attached hydrogen (secondary N) is 2. The summed E-state index contributed by atoms with van der Waals surface area (Å²) in [4.78, 5) is 34.2. The van der Waals surface area contributed by atoms with E-state index in [1.165, 1.54) is 0 Å². The lowest BCUT2D eigenvalue weighted by Gasteiger charge is -2.26. The van der Waals surface area contributed by atoms with Crippen molar-refractivity contribution >= 4 is 17.8 Å². The van der Waals surface area contributed by atoms with Gasteiger partial charge in [-0.25, -0.2) is 4.99 Å². The summed E-state index contributed by atoms with van der Waals surface area (Å²) < 4.78 is 0. The van der Waals surface area contributed by atoms with Gasteiger partial charge in [-0.05, 0) is 43.2 Å². The number of aliphatic imine (C=N–C) groups is 1. The van der Waals surface area contributed by atoms with Crippen LogP contribution in [0.2, 0.25) is 0 Å². The summed E-state index contributed by atoms with van der Waals surface area (Å²) in [7, 11) is 0. The molecule has 2 heterocycles. The van der Waals surface area contributed by atoms with Crippen LogP contribution in [0, 0.1) is 11.5 Å². The van der Waals surface area contributed by atoms with E-state index in [9.17, 15) is 14.9 Å². The number of hydrogen-bond acceptors (Lipinski definition) is 4. The van der Waals surface area contributed by atoms with Crippen LogP contribution in [0.25, 0.3) is 0 Å². The molecule has 2 aliphatic rings. The molecule has 35 heavy (non-hydrogen) atoms. The van der Waals surface area contributed by atoms with Crippen LogP contribution in [0.5, 0.6) is 0 Å². The van der Waals surface area contributed by atoms with E-state index in [0.29, 0.717) is 13.0 Å². The number of guanidine groups is 1. The minimum atomic E-state index is -0.653. The summed E-state index contributed by atoms with van der Waals surface area (Å²) in [5.41, 5.74) is 2.02. The van der Waals surface area contributed by atoms with E-state index < -0.39 is 6.04 Å². The normalized spacial score (nSPS) is 18.8. The van der Waals surface area contributed by atoms with Crippen molar-refractivity contribution in [3.05, 3.63) is 71.8 Å². The Kier molecular flexibility index (Phi) is 8.34. The summed E-state index contributed by atoms with van der Waals surface area (Å²) in [6.07, 6.45) is 6.22. The number of likely N-dealkylation sites (tertiary alicyclic amines) is 2. The Hall–Kier alpha value is -3.86. The van der Waals surface area contributed by atoms with Crippen LogP contribution in [0.1, 0.15) is 49.3 Å². The lowest BCUT2D eigenvalue weighted by Crippen LogP contribution is -2.46. The van der Waals surface area contributed by atoms with Gasteiger partial charge in [0.25, 0.3) is 0 Å². The van der Waals surface area contributed by atoms with Gasteiger partial charge in [-0.1, -0.05) is 60.7 Å². The summed E-state index contributed by atoms with van der Waals surface area (Å²) in [6.45, 7) is 2.18. The molecule has 0 bridgehead atoms. The van der Waals surface area contributed by atoms with Gasteiger partial charge in [-0.3, -0.25) is 14.9 Å². The first-order valence-corrected chi connectivity index (χ1v) is 12.3. The Morgan fingerprint density at radius 1 is 0.971 bits per heavy atom. The molecule has 2 amide bonds. The Balaban J connectivity index is 1.55. The molecular formula is C27H32N6O2. The number of hydrogen-bond donors (Lipinski definition) is 2. The van der Waals surface area contributed by atoms with Gasteiger partial charge in [0.2, 0.25) is 17.8 Å². The van der Waals surface area contributed by atoms with E-state index in [1.54, 1.807) is 4.90 Å². The van der Waals surface area contributed by atoms with Crippen molar-refractivity contribution in [1.29, 1.82) is 5.26 Å². The van der Waals surface area contributed by atoms with E-state index in [4.69, 9.17) is 0 Å². The fourth-order valence-corrected chi connectivity index (χ4v) is 4.69. The molecule has 0 radical (unpaired) electrons. The minimum Gasteiger partial charge on any atom is -0.345 e. The number of rotatable bonds is 6. The number of amides is 2. The lowest BCUT2D eigenvalue weighted by atomic mass is 9.99. The molecule has 2 aromatic rings. The van der Waals surface area contributed by atoms with Gasteiger partial charge in [-0.2, -0.15) is 5.26 Å². The highest BCUT2D eigenvalue weighted by Crippen LogP contribution is 2.22. The summed E-state index contributed by atoms with van der Waals surface area (Å²) in [5, 5.41) is 15.4. The summed E-state index contributed by atoms with van der Waals surface area (Å²) in [5.74, 6) is 0.0866. The Labute approximate surface area is 206 Å². The highest BCUT2D eigenvalue weighted by atomic mass is 16.2. The molecule has 0 saturated carbocycles. The minimum absolute atomic E-state index is 0.00203. The van der Waals surface area contributed by atoms with Crippen molar-refractivity contribution in [1.82, 2.24) is 20.4 Å². The van der Waals surface area contributed by atoms with Crippen molar-refractivity contribution < 1.29 is 9.59 Å². The second kappa shape index (κ2) is 12.0. The topological polar surface area (TPSA) is 101 Å². The van der Waals surface area contributed by atoms with E-state index in [-0.39, 0.29) is 30.4 Å². The van der Waals surface area contributed by atoms with Crippen molar-refractivity contribution in [3.8, 4) is 6.19 Å². The molecule has 2 aromatic carbocycles. The van der Waals surface area contributed by atoms with Crippen molar-refractivity contribution in [2.75, 3.05) is 26.2 Å². The monoisotopic (exact) mass is 472 g/mol. The lowest BCUT2D eigenvalue weighted by molar-refractivity contribution is -0.140. The Morgan fingerprint density at radius 2 is 1.57 bits per heavy atom. The number of benzene rings is 2. The first kappa shape index (κ1) is 24.3. The van der Waals surface area contributed by atoms with Crippen LogP contribution in [0.4, 0.5) is 0 Å². The quantitative estimate of drug-likeness (QED) is 0.291. The molecule has 182 valence electrons. The molecule has 4 rings (SSSR count). The molecule has 2 fully saturated rings. The largest absolute Gasteiger partial charge is 0.345 e. The van der Waals surface area contributed by atoms with Crippen LogP contribution < -0.4 is 10.6 Å². The van der Waals surface area contributed by atoms with Crippen LogP contribution in [-0.4, -0.2) is 59.8 Å². The maximum absolute atomic E-state index is 13.4. The van der Waals surface area contributed by atoms with Crippen LogP contribution in [0.15, 0.2) is 65.7 Å². The molecular weight excluding hydrogens is 440 g/mol. The van der Waals surface area contributed by atoms with Crippen molar-refractivity contribution in [3.63, 3.8) is 0 Å². The van der Waals surface area contributed by atoms with Gasteiger partial charge in [-0.15, -0.1) is 0 Å². The maximum Gasteiger partial charge on any atom is 0.247 e. The molecule has 0 spiro atoms. The molecule has 0 aliphatic carbocycles. The van der Waals surface area contributed by atoms with Gasteiger partial charge in [0.05, 0.1) is 12.6 Å². The van der Waals surface area contributed by atoms with Crippen molar-refractivity contribution in [2.45, 2.75) is 44.2 Å². The zero-order chi connectivity index (χ0) is 24.5. The number of nitrogens with zero attached hydrogens (tertiary/aromatic N) is 4. The van der Waals surface area contributed by atoms with E-state index in [0.717, 1.165) is 49.9 Å². The number of nitriles is 1. The fourth-order valence-electron chi connectivity index (χ4n) is 4.69. The summed E-state index contributed by atoms with van der Waals surface area (Å²) in [6, 6.07) is 18.9. The molecule has 2 saturated heterocycles. The molecule has 0 aromatic heterocycles. The average Bonchev–Trinajstić information content (AvgIpc) is 3.38. The van der Waals surface area contributed by atoms with Crippen LogP contribution in [0.3, 0.4) is 0 Å². The molecule has 8 heteroatoms. The zero-order valence-electron chi connectivity index (χ0n) is 19.9. The molecule has 1 unspecified atom stereocenters. The van der Waals surface area contributed by atoms with Gasteiger partial charge >= 0.3 is 0 Å². The predicted octanol–water partition coefficient (Wildman–Crippen LogP) is 2.80. The molecule has 8 nitrogen and oxygen atoms in total. The maximum atomic E-state index is 13.4. The molecule has 2 N–H and O–H groups in total. The predicted molar refractivity (Wildman–Crippen MR) is 134 cm³/mol. The fraction of sp³-hybridized carbons (Fsp3) is 0.407. The molecule has 1 atom stereocenters.